The van der Waals surface area contributed by atoms with Gasteiger partial charge in [0.2, 0.25) is 15.5 Å². The van der Waals surface area contributed by atoms with Crippen molar-refractivity contribution in [3.05, 3.63) is 28.7 Å². The van der Waals surface area contributed by atoms with E-state index in [0.29, 0.717) is 13.0 Å². The third-order valence-corrected chi connectivity index (χ3v) is 4.25. The number of nitrogens with one attached hydrogen (secondary N) is 2. The highest BCUT2D eigenvalue weighted by molar-refractivity contribution is 7.89. The van der Waals surface area contributed by atoms with E-state index in [-0.39, 0.29) is 4.90 Å². The number of nitrogens with zero attached hydrogens (tertiary/aromatic N) is 1. The first-order chi connectivity index (χ1) is 8.00. The third-order valence-electron chi connectivity index (χ3n) is 2.38. The van der Waals surface area contributed by atoms with E-state index in [4.69, 9.17) is 0 Å². The van der Waals surface area contributed by atoms with Crippen LogP contribution in [0.2, 0.25) is 0 Å². The van der Waals surface area contributed by atoms with E-state index in [2.05, 4.69) is 10.3 Å². The quantitative estimate of drug-likeness (QED) is 0.681. The summed E-state index contributed by atoms with van der Waals surface area (Å²) in [5, 5.41) is 2.94. The molecule has 7 heteroatoms. The Morgan fingerprint density at radius 3 is 2.76 bits per heavy atom. The van der Waals surface area contributed by atoms with Crippen molar-refractivity contribution in [2.45, 2.75) is 11.3 Å². The van der Waals surface area contributed by atoms with Gasteiger partial charge in [-0.1, -0.05) is 0 Å². The highest BCUT2D eigenvalue weighted by Crippen LogP contribution is 2.08. The summed E-state index contributed by atoms with van der Waals surface area (Å²) in [6.45, 7) is 1.10. The Morgan fingerprint density at radius 1 is 1.47 bits per heavy atom. The molecule has 1 aromatic heterocycles. The fraction of sp³-hybridized carbons (Fsp3) is 0.500. The van der Waals surface area contributed by atoms with Crippen molar-refractivity contribution in [3.8, 4) is 0 Å². The van der Waals surface area contributed by atoms with Crippen LogP contribution in [0.1, 0.15) is 6.42 Å². The van der Waals surface area contributed by atoms with Gasteiger partial charge in [-0.15, -0.1) is 0 Å². The molecular weight excluding hydrogens is 242 g/mol. The highest BCUT2D eigenvalue weighted by atomic mass is 32.2. The number of pyridine rings is 1. The van der Waals surface area contributed by atoms with Gasteiger partial charge in [0.15, 0.2) is 0 Å². The Balaban J connectivity index is 2.88. The van der Waals surface area contributed by atoms with Crippen molar-refractivity contribution in [2.75, 3.05) is 27.2 Å². The van der Waals surface area contributed by atoms with Crippen LogP contribution in [0.3, 0.4) is 0 Å². The largest absolute Gasteiger partial charge is 0.366 e. The van der Waals surface area contributed by atoms with Crippen LogP contribution in [0.15, 0.2) is 28.2 Å². The monoisotopic (exact) mass is 259 g/mol. The van der Waals surface area contributed by atoms with E-state index >= 15 is 0 Å². The molecule has 6 nitrogen and oxygen atoms in total. The number of hydrogen-bond acceptors (Lipinski definition) is 4. The molecule has 0 spiro atoms. The first-order valence-corrected chi connectivity index (χ1v) is 6.72. The summed E-state index contributed by atoms with van der Waals surface area (Å²) in [6.07, 6.45) is 3.31. The van der Waals surface area contributed by atoms with Crippen molar-refractivity contribution in [1.29, 1.82) is 0 Å². The van der Waals surface area contributed by atoms with E-state index in [9.17, 15) is 13.2 Å². The molecule has 0 aliphatic carbocycles. The Labute approximate surface area is 101 Å². The molecule has 1 rings (SSSR count). The van der Waals surface area contributed by atoms with E-state index in [1.807, 2.05) is 0 Å². The molecular formula is C10H17N3O3S. The van der Waals surface area contributed by atoms with Crippen LogP contribution in [0.5, 0.6) is 0 Å². The molecule has 0 aromatic carbocycles. The van der Waals surface area contributed by atoms with Crippen molar-refractivity contribution < 1.29 is 8.42 Å². The maximum atomic E-state index is 12.0. The van der Waals surface area contributed by atoms with Crippen LogP contribution in [0.4, 0.5) is 0 Å². The lowest BCUT2D eigenvalue weighted by Crippen LogP contribution is -2.32. The van der Waals surface area contributed by atoms with Gasteiger partial charge in [0.25, 0.3) is 0 Å². The summed E-state index contributed by atoms with van der Waals surface area (Å²) in [5.41, 5.74) is -0.496. The average Bonchev–Trinajstić information content (AvgIpc) is 2.29. The van der Waals surface area contributed by atoms with E-state index in [0.717, 1.165) is 6.54 Å². The fourth-order valence-corrected chi connectivity index (χ4v) is 2.61. The summed E-state index contributed by atoms with van der Waals surface area (Å²) in [7, 11) is -0.417. The van der Waals surface area contributed by atoms with E-state index < -0.39 is 15.5 Å². The molecule has 0 saturated carbocycles. The third kappa shape index (κ3) is 3.39. The molecule has 0 radical (unpaired) electrons. The van der Waals surface area contributed by atoms with Gasteiger partial charge in [-0.05, 0) is 20.0 Å². The van der Waals surface area contributed by atoms with Crippen LogP contribution in [0.25, 0.3) is 0 Å². The maximum Gasteiger partial charge on any atom is 0.248 e. The Hall–Kier alpha value is -1.18. The summed E-state index contributed by atoms with van der Waals surface area (Å²) in [5.74, 6) is 0. The molecule has 0 unspecified atom stereocenters. The molecule has 0 bridgehead atoms. The zero-order valence-corrected chi connectivity index (χ0v) is 10.8. The number of H-pyrrole nitrogens is 1. The second-order valence-corrected chi connectivity index (χ2v) is 5.67. The molecule has 0 saturated heterocycles. The van der Waals surface area contributed by atoms with Gasteiger partial charge in [-0.2, -0.15) is 0 Å². The summed E-state index contributed by atoms with van der Waals surface area (Å²) in [6, 6.07) is 1.20. The first-order valence-electron chi connectivity index (χ1n) is 5.28. The summed E-state index contributed by atoms with van der Waals surface area (Å²) >= 11 is 0. The smallest absolute Gasteiger partial charge is 0.248 e. The van der Waals surface area contributed by atoms with Gasteiger partial charge >= 0.3 is 0 Å². The first kappa shape index (κ1) is 13.9. The van der Waals surface area contributed by atoms with Crippen molar-refractivity contribution in [1.82, 2.24) is 14.6 Å². The molecule has 1 heterocycles. The van der Waals surface area contributed by atoms with Crippen molar-refractivity contribution in [2.24, 2.45) is 0 Å². The molecule has 0 amide bonds. The lowest BCUT2D eigenvalue weighted by molar-refractivity contribution is 0.457. The Morgan fingerprint density at radius 2 is 2.18 bits per heavy atom. The normalized spacial score (nSPS) is 11.9. The zero-order valence-electron chi connectivity index (χ0n) is 9.93. The minimum absolute atomic E-state index is 0.216. The van der Waals surface area contributed by atoms with Crippen molar-refractivity contribution in [3.63, 3.8) is 0 Å². The number of aromatic nitrogens is 1. The fourth-order valence-electron chi connectivity index (χ4n) is 1.37. The second-order valence-electron chi connectivity index (χ2n) is 3.66. The molecule has 2 N–H and O–H groups in total. The van der Waals surface area contributed by atoms with Crippen LogP contribution in [-0.4, -0.2) is 44.9 Å². The minimum atomic E-state index is -3.69. The van der Waals surface area contributed by atoms with Gasteiger partial charge in [0, 0.05) is 32.1 Å². The number of aromatic amines is 1. The Kier molecular flexibility index (Phi) is 4.86. The maximum absolute atomic E-state index is 12.0. The van der Waals surface area contributed by atoms with Gasteiger partial charge in [0.1, 0.15) is 4.90 Å². The number of hydrogen-bond donors (Lipinski definition) is 2. The molecule has 96 valence electrons. The molecule has 17 heavy (non-hydrogen) atoms. The van der Waals surface area contributed by atoms with E-state index in [1.54, 1.807) is 7.05 Å². The van der Waals surface area contributed by atoms with Crippen LogP contribution < -0.4 is 10.7 Å². The second kappa shape index (κ2) is 5.95. The van der Waals surface area contributed by atoms with Crippen LogP contribution >= 0.6 is 0 Å². The van der Waals surface area contributed by atoms with Crippen molar-refractivity contribution >= 4 is 10.0 Å². The van der Waals surface area contributed by atoms with Gasteiger partial charge < -0.3 is 10.3 Å². The molecule has 0 aliphatic rings. The Bertz CT molecular complexity index is 510. The lowest BCUT2D eigenvalue weighted by atomic mass is 10.4. The number of sulfonamides is 1. The summed E-state index contributed by atoms with van der Waals surface area (Å²) < 4.78 is 25.3. The SMILES string of the molecule is CNCCCN(C)S(=O)(=O)c1c[nH]ccc1=O. The highest BCUT2D eigenvalue weighted by Gasteiger charge is 2.22. The van der Waals surface area contributed by atoms with Crippen LogP contribution in [0, 0.1) is 0 Å². The van der Waals surface area contributed by atoms with Crippen LogP contribution in [-0.2, 0) is 10.0 Å². The number of rotatable bonds is 6. The standard InChI is InChI=1S/C10H17N3O3S/c1-11-5-3-7-13(2)17(15,16)10-8-12-6-4-9(10)14/h4,6,8,11H,3,5,7H2,1-2H3,(H,12,14). The van der Waals surface area contributed by atoms with E-state index in [1.165, 1.54) is 29.8 Å². The molecule has 0 aliphatic heterocycles. The van der Waals surface area contributed by atoms with Gasteiger partial charge in [-0.25, -0.2) is 12.7 Å². The summed E-state index contributed by atoms with van der Waals surface area (Å²) in [4.78, 5) is 13.9. The topological polar surface area (TPSA) is 82.3 Å². The minimum Gasteiger partial charge on any atom is -0.366 e. The van der Waals surface area contributed by atoms with Gasteiger partial charge in [-0.3, -0.25) is 4.79 Å². The predicted molar refractivity (Wildman–Crippen MR) is 65.4 cm³/mol. The van der Waals surface area contributed by atoms with Gasteiger partial charge in [0.05, 0.1) is 0 Å². The molecule has 0 fully saturated rings. The molecule has 1 aromatic rings. The predicted octanol–water partition coefficient (Wildman–Crippen LogP) is -0.395. The lowest BCUT2D eigenvalue weighted by Gasteiger charge is -2.16. The molecule has 0 atom stereocenters. The average molecular weight is 259 g/mol. The zero-order chi connectivity index (χ0) is 12.9.